The zero-order valence-electron chi connectivity index (χ0n) is 20.0. The topological polar surface area (TPSA) is 78.6 Å². The highest BCUT2D eigenvalue weighted by Gasteiger charge is 2.41. The van der Waals surface area contributed by atoms with Gasteiger partial charge in [-0.2, -0.15) is 5.10 Å². The molecule has 0 unspecified atom stereocenters. The number of hydrogen-bond acceptors (Lipinski definition) is 7. The zero-order chi connectivity index (χ0) is 27.3. The third kappa shape index (κ3) is 7.31. The Kier molecular flexibility index (Phi) is 8.71. The quantitative estimate of drug-likeness (QED) is 0.375. The van der Waals surface area contributed by atoms with Crippen LogP contribution < -0.4 is 4.74 Å². The summed E-state index contributed by atoms with van der Waals surface area (Å²) in [5, 5.41) is 14.8. The van der Waals surface area contributed by atoms with Gasteiger partial charge in [0.1, 0.15) is 35.6 Å². The summed E-state index contributed by atoms with van der Waals surface area (Å²) in [6.45, 7) is 2.13. The smallest absolute Gasteiger partial charge is 0.406 e. The second-order valence-electron chi connectivity index (χ2n) is 8.55. The summed E-state index contributed by atoms with van der Waals surface area (Å²) in [6, 6.07) is 8.36. The molecule has 1 aliphatic rings. The molecule has 38 heavy (non-hydrogen) atoms. The molecule has 0 saturated carbocycles. The molecule has 0 bridgehead atoms. The van der Waals surface area contributed by atoms with E-state index in [4.69, 9.17) is 9.47 Å². The first kappa shape index (κ1) is 28.0. The van der Waals surface area contributed by atoms with E-state index in [1.165, 1.54) is 59.4 Å². The first-order valence-electron chi connectivity index (χ1n) is 11.4. The van der Waals surface area contributed by atoms with Crippen molar-refractivity contribution in [3.63, 3.8) is 0 Å². The minimum Gasteiger partial charge on any atom is -0.406 e. The normalized spacial score (nSPS) is 20.8. The lowest BCUT2D eigenvalue weighted by Gasteiger charge is -2.37. The molecule has 0 aliphatic carbocycles. The number of benzene rings is 2. The van der Waals surface area contributed by atoms with Gasteiger partial charge >= 0.3 is 6.36 Å². The van der Waals surface area contributed by atoms with Gasteiger partial charge in [-0.05, 0) is 29.8 Å². The van der Waals surface area contributed by atoms with E-state index in [2.05, 4.69) is 14.8 Å². The molecule has 0 spiro atoms. The Hall–Kier alpha value is -3.00. The van der Waals surface area contributed by atoms with Gasteiger partial charge in [-0.1, -0.05) is 31.2 Å². The van der Waals surface area contributed by atoms with Gasteiger partial charge in [-0.25, -0.2) is 18.4 Å². The van der Waals surface area contributed by atoms with Gasteiger partial charge in [0.05, 0.1) is 25.0 Å². The number of thioether (sulfide) groups is 1. The molecule has 1 aromatic heterocycles. The van der Waals surface area contributed by atoms with Crippen molar-refractivity contribution >= 4 is 17.8 Å². The number of aromatic nitrogens is 3. The zero-order valence-corrected chi connectivity index (χ0v) is 20.8. The first-order chi connectivity index (χ1) is 18.0. The van der Waals surface area contributed by atoms with Gasteiger partial charge in [0.2, 0.25) is 0 Å². The van der Waals surface area contributed by atoms with Crippen LogP contribution in [0.4, 0.5) is 22.0 Å². The van der Waals surface area contributed by atoms with Crippen LogP contribution >= 0.6 is 11.8 Å². The van der Waals surface area contributed by atoms with E-state index in [9.17, 15) is 27.1 Å². The lowest BCUT2D eigenvalue weighted by molar-refractivity contribution is -0.274. The highest BCUT2D eigenvalue weighted by Crippen LogP contribution is 2.38. The maximum absolute atomic E-state index is 14.7. The fourth-order valence-electron chi connectivity index (χ4n) is 3.90. The highest BCUT2D eigenvalue weighted by molar-refractivity contribution is 8.00. The number of aliphatic hydroxyl groups is 1. The SMILES string of the molecule is C[C@@H](S[C@H]1CO[C@H](C=Cc2ccc(OC(F)(F)F)cc2)OC1)[C@](O)(Cn1cncn1)c1ccc(F)cc1F. The van der Waals surface area contributed by atoms with Gasteiger partial charge in [0, 0.05) is 16.9 Å². The second-order valence-corrected chi connectivity index (χ2v) is 10.2. The van der Waals surface area contributed by atoms with Crippen LogP contribution in [0.15, 0.2) is 61.2 Å². The Balaban J connectivity index is 1.36. The van der Waals surface area contributed by atoms with E-state index in [1.807, 2.05) is 0 Å². The second kappa shape index (κ2) is 11.8. The van der Waals surface area contributed by atoms with E-state index < -0.39 is 35.1 Å². The molecule has 1 saturated heterocycles. The van der Waals surface area contributed by atoms with Crippen LogP contribution in [-0.2, 0) is 21.6 Å². The predicted molar refractivity (Wildman–Crippen MR) is 129 cm³/mol. The van der Waals surface area contributed by atoms with E-state index in [-0.39, 0.29) is 36.3 Å². The number of hydrogen-bond donors (Lipinski definition) is 1. The molecule has 2 aromatic carbocycles. The van der Waals surface area contributed by atoms with Crippen molar-refractivity contribution < 1.29 is 41.3 Å². The summed E-state index contributed by atoms with van der Waals surface area (Å²) in [6.07, 6.45) is 0.513. The van der Waals surface area contributed by atoms with E-state index >= 15 is 0 Å². The fourth-order valence-corrected chi connectivity index (χ4v) is 5.21. The summed E-state index contributed by atoms with van der Waals surface area (Å²) in [5.41, 5.74) is -1.20. The summed E-state index contributed by atoms with van der Waals surface area (Å²) < 4.78 is 81.8. The fraction of sp³-hybridized carbons (Fsp3) is 0.360. The van der Waals surface area contributed by atoms with Gasteiger partial charge in [-0.15, -0.1) is 24.9 Å². The van der Waals surface area contributed by atoms with Crippen molar-refractivity contribution in [1.29, 1.82) is 0 Å². The molecule has 1 fully saturated rings. The van der Waals surface area contributed by atoms with Gasteiger partial charge < -0.3 is 19.3 Å². The standard InChI is InChI=1S/C25H24F5N3O4S/c1-16(24(34,13-33-15-31-14-32-33)21-8-5-18(26)10-22(21)27)38-20-11-35-23(36-12-20)9-4-17-2-6-19(7-3-17)37-25(28,29)30/h2-10,14-16,20,23,34H,11-13H2,1H3/t16-,20-,23-,24-/m1/s1. The highest BCUT2D eigenvalue weighted by atomic mass is 32.2. The van der Waals surface area contributed by atoms with Crippen molar-refractivity contribution in [2.75, 3.05) is 13.2 Å². The minimum absolute atomic E-state index is 0.0699. The average Bonchev–Trinajstić information content (AvgIpc) is 3.36. The average molecular weight is 558 g/mol. The van der Waals surface area contributed by atoms with Crippen molar-refractivity contribution in [3.05, 3.63) is 84.0 Å². The lowest BCUT2D eigenvalue weighted by atomic mass is 9.90. The molecule has 1 N–H and O–H groups in total. The molecule has 2 heterocycles. The Labute approximate surface area is 219 Å². The molecule has 2 atom stereocenters. The van der Waals surface area contributed by atoms with Crippen LogP contribution in [0.5, 0.6) is 5.75 Å². The summed E-state index contributed by atoms with van der Waals surface area (Å²) in [4.78, 5) is 3.86. The molecule has 4 rings (SSSR count). The van der Waals surface area contributed by atoms with Crippen LogP contribution in [0.25, 0.3) is 6.08 Å². The van der Waals surface area contributed by atoms with Crippen LogP contribution in [0.2, 0.25) is 0 Å². The number of ether oxygens (including phenoxy) is 3. The Morgan fingerprint density at radius 3 is 2.47 bits per heavy atom. The first-order valence-corrected chi connectivity index (χ1v) is 12.4. The van der Waals surface area contributed by atoms with Crippen molar-refractivity contribution in [2.24, 2.45) is 0 Å². The Bertz CT molecular complexity index is 1220. The molecule has 7 nitrogen and oxygen atoms in total. The van der Waals surface area contributed by atoms with Gasteiger partial charge in [0.25, 0.3) is 0 Å². The lowest BCUT2D eigenvalue weighted by Crippen LogP contribution is -2.43. The molecular weight excluding hydrogens is 533 g/mol. The van der Waals surface area contributed by atoms with Gasteiger partial charge in [-0.3, -0.25) is 0 Å². The monoisotopic (exact) mass is 557 g/mol. The minimum atomic E-state index is -4.76. The van der Waals surface area contributed by atoms with Gasteiger partial charge in [0.15, 0.2) is 6.29 Å². The molecular formula is C25H24F5N3O4S. The summed E-state index contributed by atoms with van der Waals surface area (Å²) >= 11 is 1.33. The summed E-state index contributed by atoms with van der Waals surface area (Å²) in [5.74, 6) is -1.95. The molecule has 3 aromatic rings. The Morgan fingerprint density at radius 1 is 1.16 bits per heavy atom. The third-order valence-electron chi connectivity index (χ3n) is 5.79. The van der Waals surface area contributed by atoms with Crippen molar-refractivity contribution in [2.45, 2.75) is 42.2 Å². The van der Waals surface area contributed by atoms with Crippen molar-refractivity contribution in [3.8, 4) is 5.75 Å². The number of rotatable bonds is 9. The summed E-state index contributed by atoms with van der Waals surface area (Å²) in [7, 11) is 0. The van der Waals surface area contributed by atoms with Crippen LogP contribution in [0.1, 0.15) is 18.1 Å². The Morgan fingerprint density at radius 2 is 1.87 bits per heavy atom. The molecule has 13 heteroatoms. The van der Waals surface area contributed by atoms with Crippen LogP contribution in [-0.4, -0.2) is 56.2 Å². The van der Waals surface area contributed by atoms with Crippen LogP contribution in [0, 0.1) is 11.6 Å². The van der Waals surface area contributed by atoms with E-state index in [1.54, 1.807) is 19.1 Å². The molecule has 0 amide bonds. The maximum Gasteiger partial charge on any atom is 0.573 e. The molecule has 0 radical (unpaired) electrons. The van der Waals surface area contributed by atoms with E-state index in [0.717, 1.165) is 12.1 Å². The van der Waals surface area contributed by atoms with Crippen LogP contribution in [0.3, 0.4) is 0 Å². The number of nitrogens with zero attached hydrogens (tertiary/aromatic N) is 3. The third-order valence-corrected chi connectivity index (χ3v) is 7.24. The maximum atomic E-state index is 14.7. The number of halogens is 5. The largest absolute Gasteiger partial charge is 0.573 e. The number of alkyl halides is 3. The van der Waals surface area contributed by atoms with Crippen molar-refractivity contribution in [1.82, 2.24) is 14.8 Å². The molecule has 204 valence electrons. The van der Waals surface area contributed by atoms with E-state index in [0.29, 0.717) is 5.56 Å². The predicted octanol–water partition coefficient (Wildman–Crippen LogP) is 4.92. The molecule has 1 aliphatic heterocycles.